The van der Waals surface area contributed by atoms with E-state index in [-0.39, 0.29) is 0 Å². The standard InChI is InChI=1S/C70H45N5/c1-3-17-46(18-4-1)47-35-38-53(39-36-47)73-68-30-16-11-25-60(68)61-43-51(37-40-69(61)73)48-31-33-49(34-32-48)62-45-63(72-70(71-62)50-19-5-2-6-20-50)52-41-54(74-64-26-12-7-21-56(64)57-22-8-13-27-65(57)74)44-55(42-52)75-66-28-14-9-23-58(66)59-24-10-15-29-67(59)75/h1-45H. The molecule has 5 heteroatoms. The van der Waals surface area contributed by atoms with Crippen LogP contribution in [0.2, 0.25) is 0 Å². The van der Waals surface area contributed by atoms with Crippen LogP contribution in [0, 0.1) is 0 Å². The van der Waals surface area contributed by atoms with E-state index in [9.17, 15) is 0 Å². The monoisotopic (exact) mass is 955 g/mol. The number of rotatable bonds is 8. The fraction of sp³-hybridized carbons (Fsp3) is 0. The van der Waals surface area contributed by atoms with Gasteiger partial charge in [-0.05, 0) is 101 Å². The van der Waals surface area contributed by atoms with E-state index < -0.39 is 0 Å². The third kappa shape index (κ3) is 7.08. The van der Waals surface area contributed by atoms with Crippen LogP contribution in [0.25, 0.3) is 139 Å². The molecule has 15 rings (SSSR count). The zero-order valence-electron chi connectivity index (χ0n) is 40.7. The number of hydrogen-bond donors (Lipinski definition) is 0. The lowest BCUT2D eigenvalue weighted by atomic mass is 10.00. The van der Waals surface area contributed by atoms with Gasteiger partial charge in [0.25, 0.3) is 0 Å². The maximum absolute atomic E-state index is 5.42. The molecule has 0 unspecified atom stereocenters. The number of hydrogen-bond acceptors (Lipinski definition) is 2. The molecule has 5 nitrogen and oxygen atoms in total. The number of fused-ring (bicyclic) bond motifs is 9. The van der Waals surface area contributed by atoms with Gasteiger partial charge < -0.3 is 13.7 Å². The van der Waals surface area contributed by atoms with Crippen LogP contribution < -0.4 is 0 Å². The average molecular weight is 956 g/mol. The lowest BCUT2D eigenvalue weighted by Crippen LogP contribution is -2.01. The molecule has 0 saturated heterocycles. The van der Waals surface area contributed by atoms with Crippen LogP contribution in [-0.2, 0) is 0 Å². The molecule has 0 saturated carbocycles. The molecule has 0 aliphatic heterocycles. The first-order chi connectivity index (χ1) is 37.2. The molecule has 350 valence electrons. The van der Waals surface area contributed by atoms with E-state index in [0.717, 1.165) is 78.3 Å². The molecule has 4 aromatic heterocycles. The van der Waals surface area contributed by atoms with E-state index in [1.165, 1.54) is 54.5 Å². The highest BCUT2D eigenvalue weighted by molar-refractivity contribution is 6.12. The van der Waals surface area contributed by atoms with Crippen molar-refractivity contribution < 1.29 is 0 Å². The van der Waals surface area contributed by atoms with Crippen LogP contribution in [0.3, 0.4) is 0 Å². The molecule has 0 fully saturated rings. The molecule has 0 bridgehead atoms. The van der Waals surface area contributed by atoms with Crippen molar-refractivity contribution in [2.45, 2.75) is 0 Å². The van der Waals surface area contributed by atoms with Gasteiger partial charge in [-0.25, -0.2) is 9.97 Å². The quantitative estimate of drug-likeness (QED) is 0.152. The van der Waals surface area contributed by atoms with E-state index in [1.54, 1.807) is 0 Å². The minimum absolute atomic E-state index is 0.671. The molecule has 75 heavy (non-hydrogen) atoms. The van der Waals surface area contributed by atoms with Crippen LogP contribution >= 0.6 is 0 Å². The summed E-state index contributed by atoms with van der Waals surface area (Å²) in [6.45, 7) is 0. The highest BCUT2D eigenvalue weighted by Gasteiger charge is 2.20. The van der Waals surface area contributed by atoms with E-state index in [1.807, 2.05) is 6.07 Å². The topological polar surface area (TPSA) is 40.6 Å². The van der Waals surface area contributed by atoms with Crippen molar-refractivity contribution >= 4 is 65.4 Å². The van der Waals surface area contributed by atoms with Gasteiger partial charge in [-0.3, -0.25) is 0 Å². The van der Waals surface area contributed by atoms with E-state index in [2.05, 4.69) is 281 Å². The van der Waals surface area contributed by atoms with Gasteiger partial charge in [0.1, 0.15) is 0 Å². The van der Waals surface area contributed by atoms with E-state index >= 15 is 0 Å². The van der Waals surface area contributed by atoms with Crippen LogP contribution in [0.15, 0.2) is 273 Å². The second kappa shape index (κ2) is 17.3. The summed E-state index contributed by atoms with van der Waals surface area (Å²) in [5, 5.41) is 7.31. The molecule has 0 radical (unpaired) electrons. The Kier molecular flexibility index (Phi) is 9.82. The van der Waals surface area contributed by atoms with Gasteiger partial charge in [0, 0.05) is 66.1 Å². The predicted octanol–water partition coefficient (Wildman–Crippen LogP) is 18.1. The maximum atomic E-state index is 5.42. The number of benzene rings is 11. The van der Waals surface area contributed by atoms with Crippen molar-refractivity contribution in [3.63, 3.8) is 0 Å². The molecule has 0 aliphatic carbocycles. The summed E-state index contributed by atoms with van der Waals surface area (Å²) in [6.07, 6.45) is 0. The number of aromatic nitrogens is 5. The normalized spacial score (nSPS) is 11.7. The summed E-state index contributed by atoms with van der Waals surface area (Å²) >= 11 is 0. The smallest absolute Gasteiger partial charge is 0.160 e. The molecule has 0 N–H and O–H groups in total. The van der Waals surface area contributed by atoms with Crippen molar-refractivity contribution in [3.8, 4) is 73.2 Å². The summed E-state index contributed by atoms with van der Waals surface area (Å²) in [7, 11) is 0. The average Bonchev–Trinajstić information content (AvgIpc) is 4.17. The Morgan fingerprint density at radius 1 is 0.200 bits per heavy atom. The Balaban J connectivity index is 0.873. The first-order valence-electron chi connectivity index (χ1n) is 25.6. The molecule has 0 spiro atoms. The Labute approximate surface area is 433 Å². The summed E-state index contributed by atoms with van der Waals surface area (Å²) in [4.78, 5) is 10.7. The zero-order valence-corrected chi connectivity index (χ0v) is 40.7. The van der Waals surface area contributed by atoms with Gasteiger partial charge in [-0.1, -0.05) is 194 Å². The Bertz CT molecular complexity index is 4440. The maximum Gasteiger partial charge on any atom is 0.160 e. The Morgan fingerprint density at radius 3 is 1.05 bits per heavy atom. The minimum atomic E-state index is 0.671. The van der Waals surface area contributed by atoms with E-state index in [4.69, 9.17) is 9.97 Å². The summed E-state index contributed by atoms with van der Waals surface area (Å²) in [6, 6.07) is 98.2. The van der Waals surface area contributed by atoms with Crippen molar-refractivity contribution in [1.29, 1.82) is 0 Å². The highest BCUT2D eigenvalue weighted by atomic mass is 15.0. The van der Waals surface area contributed by atoms with Crippen LogP contribution in [0.4, 0.5) is 0 Å². The second-order valence-electron chi connectivity index (χ2n) is 19.4. The highest BCUT2D eigenvalue weighted by Crippen LogP contribution is 2.40. The molecule has 11 aromatic carbocycles. The van der Waals surface area contributed by atoms with Crippen molar-refractivity contribution in [2.75, 3.05) is 0 Å². The Hall–Kier alpha value is -10.1. The van der Waals surface area contributed by atoms with Gasteiger partial charge in [-0.15, -0.1) is 0 Å². The SMILES string of the molecule is c1ccc(-c2ccc(-n3c4ccccc4c4cc(-c5ccc(-c6cc(-c7cc(-n8c9ccccc9c9ccccc98)cc(-n8c9ccccc9c9ccccc98)c7)nc(-c7ccccc7)n6)cc5)ccc43)cc2)cc1. The first-order valence-corrected chi connectivity index (χ1v) is 25.6. The lowest BCUT2D eigenvalue weighted by molar-refractivity contribution is 1.13. The second-order valence-corrected chi connectivity index (χ2v) is 19.4. The number of nitrogens with zero attached hydrogens (tertiary/aromatic N) is 5. The third-order valence-electron chi connectivity index (χ3n) is 15.1. The van der Waals surface area contributed by atoms with Gasteiger partial charge in [0.15, 0.2) is 5.82 Å². The summed E-state index contributed by atoms with van der Waals surface area (Å²) in [5.74, 6) is 0.671. The summed E-state index contributed by atoms with van der Waals surface area (Å²) < 4.78 is 7.19. The fourth-order valence-electron chi connectivity index (χ4n) is 11.6. The Morgan fingerprint density at radius 2 is 0.547 bits per heavy atom. The van der Waals surface area contributed by atoms with Gasteiger partial charge in [0.2, 0.25) is 0 Å². The molecule has 0 aliphatic rings. The van der Waals surface area contributed by atoms with E-state index in [0.29, 0.717) is 5.82 Å². The van der Waals surface area contributed by atoms with Crippen molar-refractivity contribution in [2.24, 2.45) is 0 Å². The summed E-state index contributed by atoms with van der Waals surface area (Å²) in [5.41, 5.74) is 19.5. The molecule has 0 atom stereocenters. The largest absolute Gasteiger partial charge is 0.309 e. The van der Waals surface area contributed by atoms with Crippen molar-refractivity contribution in [3.05, 3.63) is 273 Å². The molecular weight excluding hydrogens is 911 g/mol. The number of para-hydroxylation sites is 5. The zero-order chi connectivity index (χ0) is 49.4. The van der Waals surface area contributed by atoms with Crippen molar-refractivity contribution in [1.82, 2.24) is 23.7 Å². The van der Waals surface area contributed by atoms with Crippen LogP contribution in [0.1, 0.15) is 0 Å². The fourth-order valence-corrected chi connectivity index (χ4v) is 11.6. The van der Waals surface area contributed by atoms with Gasteiger partial charge in [0.05, 0.1) is 44.5 Å². The first kappa shape index (κ1) is 42.6. The lowest BCUT2D eigenvalue weighted by Gasteiger charge is -2.16. The molecule has 15 aromatic rings. The molecule has 4 heterocycles. The van der Waals surface area contributed by atoms with Crippen LogP contribution in [-0.4, -0.2) is 23.7 Å². The minimum Gasteiger partial charge on any atom is -0.309 e. The molecule has 0 amide bonds. The van der Waals surface area contributed by atoms with Gasteiger partial charge >= 0.3 is 0 Å². The predicted molar refractivity (Wildman–Crippen MR) is 312 cm³/mol. The van der Waals surface area contributed by atoms with Gasteiger partial charge in [-0.2, -0.15) is 0 Å². The third-order valence-corrected chi connectivity index (χ3v) is 15.1. The molecular formula is C70H45N5. The van der Waals surface area contributed by atoms with Crippen LogP contribution in [0.5, 0.6) is 0 Å².